The Morgan fingerprint density at radius 2 is 1.83 bits per heavy atom. The highest BCUT2D eigenvalue weighted by atomic mass is 35.5. The van der Waals surface area contributed by atoms with Crippen molar-refractivity contribution in [2.75, 3.05) is 0 Å². The van der Waals surface area contributed by atoms with Crippen molar-refractivity contribution in [2.45, 2.75) is 19.4 Å². The van der Waals surface area contributed by atoms with E-state index in [0.717, 1.165) is 5.56 Å². The van der Waals surface area contributed by atoms with Crippen LogP contribution >= 0.6 is 11.6 Å². The van der Waals surface area contributed by atoms with Crippen LogP contribution in [0.2, 0.25) is 5.02 Å². The second-order valence-corrected chi connectivity index (χ2v) is 6.05. The van der Waals surface area contributed by atoms with Gasteiger partial charge < -0.3 is 15.6 Å². The predicted molar refractivity (Wildman–Crippen MR) is 93.2 cm³/mol. The zero-order valence-corrected chi connectivity index (χ0v) is 13.8. The van der Waals surface area contributed by atoms with Crippen LogP contribution in [-0.2, 0) is 10.3 Å². The first-order valence-electron chi connectivity index (χ1n) is 7.04. The minimum Gasteiger partial charge on any atom is -0.463 e. The molecule has 0 aliphatic heterocycles. The number of benzene rings is 1. The smallest absolute Gasteiger partial charge is 0.126 e. The van der Waals surface area contributed by atoms with Crippen molar-refractivity contribution in [3.63, 3.8) is 0 Å². The summed E-state index contributed by atoms with van der Waals surface area (Å²) in [5.74, 6) is 0.464. The van der Waals surface area contributed by atoms with E-state index in [0.29, 0.717) is 27.7 Å². The fourth-order valence-electron chi connectivity index (χ4n) is 1.83. The molecule has 0 radical (unpaired) electrons. The van der Waals surface area contributed by atoms with Crippen LogP contribution in [0.4, 0.5) is 0 Å². The molecule has 4 nitrogen and oxygen atoms in total. The molecule has 0 fully saturated rings. The average molecular weight is 331 g/mol. The van der Waals surface area contributed by atoms with E-state index in [-0.39, 0.29) is 0 Å². The van der Waals surface area contributed by atoms with Gasteiger partial charge in [-0.15, -0.1) is 0 Å². The van der Waals surface area contributed by atoms with Crippen LogP contribution in [-0.4, -0.2) is 10.1 Å². The maximum absolute atomic E-state index is 9.89. The predicted octanol–water partition coefficient (Wildman–Crippen LogP) is 3.91. The Labute approximate surface area is 140 Å². The van der Waals surface area contributed by atoms with E-state index in [1.807, 2.05) is 12.1 Å². The van der Waals surface area contributed by atoms with Gasteiger partial charge in [-0.2, -0.15) is 0 Å². The van der Waals surface area contributed by atoms with E-state index in [1.54, 1.807) is 44.3 Å². The zero-order chi connectivity index (χ0) is 17.0. The minimum atomic E-state index is -0.990. The summed E-state index contributed by atoms with van der Waals surface area (Å²) in [6.07, 6.45) is 3.01. The summed E-state index contributed by atoms with van der Waals surface area (Å²) < 4.78 is 5.48. The highest BCUT2D eigenvalue weighted by molar-refractivity contribution is 6.30. The first-order chi connectivity index (χ1) is 10.8. The molecule has 0 saturated heterocycles. The number of ether oxygens (including phenoxy) is 1. The molecular formula is C18H19ClN2O2. The number of pyridine rings is 1. The SMILES string of the molecule is C=C(O/C=C(\N)c1ccc(C(C)(C)O)nc1)c1ccc(Cl)cc1. The maximum Gasteiger partial charge on any atom is 0.126 e. The number of rotatable bonds is 5. The van der Waals surface area contributed by atoms with Crippen LogP contribution in [0.25, 0.3) is 11.5 Å². The standard InChI is InChI=1S/C18H19ClN2O2/c1-12(13-4-7-15(19)8-5-13)23-11-16(20)14-6-9-17(21-10-14)18(2,3)22/h4-11,22H,1,20H2,2-3H3/b16-11-. The molecule has 1 aromatic carbocycles. The second-order valence-electron chi connectivity index (χ2n) is 5.61. The van der Waals surface area contributed by atoms with Gasteiger partial charge in [-0.05, 0) is 50.2 Å². The Morgan fingerprint density at radius 1 is 1.22 bits per heavy atom. The van der Waals surface area contributed by atoms with Gasteiger partial charge in [0.05, 0.1) is 11.4 Å². The molecule has 2 aromatic rings. The van der Waals surface area contributed by atoms with Crippen LogP contribution in [0.15, 0.2) is 55.4 Å². The topological polar surface area (TPSA) is 68.4 Å². The van der Waals surface area contributed by atoms with Gasteiger partial charge in [-0.3, -0.25) is 4.98 Å². The summed E-state index contributed by atoms with van der Waals surface area (Å²) in [5, 5.41) is 10.5. The van der Waals surface area contributed by atoms with Gasteiger partial charge in [0.25, 0.3) is 0 Å². The highest BCUT2D eigenvalue weighted by Gasteiger charge is 2.17. The van der Waals surface area contributed by atoms with Gasteiger partial charge in [0, 0.05) is 22.3 Å². The quantitative estimate of drug-likeness (QED) is 0.816. The van der Waals surface area contributed by atoms with Crippen molar-refractivity contribution in [3.05, 3.63) is 77.3 Å². The monoisotopic (exact) mass is 330 g/mol. The molecule has 3 N–H and O–H groups in total. The van der Waals surface area contributed by atoms with E-state index < -0.39 is 5.60 Å². The van der Waals surface area contributed by atoms with Gasteiger partial charge >= 0.3 is 0 Å². The lowest BCUT2D eigenvalue weighted by Gasteiger charge is -2.16. The van der Waals surface area contributed by atoms with Crippen molar-refractivity contribution >= 4 is 23.1 Å². The Balaban J connectivity index is 2.07. The van der Waals surface area contributed by atoms with Crippen molar-refractivity contribution in [1.82, 2.24) is 4.98 Å². The number of nitrogens with two attached hydrogens (primary N) is 1. The third-order valence-electron chi connectivity index (χ3n) is 3.22. The summed E-state index contributed by atoms with van der Waals surface area (Å²) in [6, 6.07) is 10.7. The van der Waals surface area contributed by atoms with Crippen LogP contribution in [0.5, 0.6) is 0 Å². The maximum atomic E-state index is 9.89. The van der Waals surface area contributed by atoms with Crippen molar-refractivity contribution < 1.29 is 9.84 Å². The van der Waals surface area contributed by atoms with E-state index in [2.05, 4.69) is 11.6 Å². The molecule has 5 heteroatoms. The van der Waals surface area contributed by atoms with E-state index in [1.165, 1.54) is 6.26 Å². The van der Waals surface area contributed by atoms with Gasteiger partial charge in [0.1, 0.15) is 17.6 Å². The lowest BCUT2D eigenvalue weighted by molar-refractivity contribution is 0.0738. The van der Waals surface area contributed by atoms with Crippen LogP contribution in [0.3, 0.4) is 0 Å². The molecule has 2 rings (SSSR count). The normalized spacial score (nSPS) is 12.1. The second kappa shape index (κ2) is 6.86. The third-order valence-corrected chi connectivity index (χ3v) is 3.47. The number of aromatic nitrogens is 1. The van der Waals surface area contributed by atoms with Crippen LogP contribution < -0.4 is 5.73 Å². The summed E-state index contributed by atoms with van der Waals surface area (Å²) in [4.78, 5) is 4.20. The molecule has 0 aliphatic rings. The number of nitrogens with zero attached hydrogens (tertiary/aromatic N) is 1. The largest absolute Gasteiger partial charge is 0.463 e. The fraction of sp³-hybridized carbons (Fsp3) is 0.167. The third kappa shape index (κ3) is 4.58. The summed E-state index contributed by atoms with van der Waals surface area (Å²) in [5.41, 5.74) is 7.48. The summed E-state index contributed by atoms with van der Waals surface area (Å²) in [7, 11) is 0. The molecule has 0 amide bonds. The molecule has 1 aromatic heterocycles. The molecule has 0 spiro atoms. The molecule has 0 bridgehead atoms. The molecule has 120 valence electrons. The first-order valence-corrected chi connectivity index (χ1v) is 7.41. The van der Waals surface area contributed by atoms with E-state index in [9.17, 15) is 5.11 Å². The number of halogens is 1. The van der Waals surface area contributed by atoms with Crippen LogP contribution in [0.1, 0.15) is 30.7 Å². The van der Waals surface area contributed by atoms with Crippen molar-refractivity contribution in [2.24, 2.45) is 5.73 Å². The molecule has 0 aliphatic carbocycles. The highest BCUT2D eigenvalue weighted by Crippen LogP contribution is 2.20. The fourth-order valence-corrected chi connectivity index (χ4v) is 1.96. The van der Waals surface area contributed by atoms with Crippen LogP contribution in [0, 0.1) is 0 Å². The molecule has 0 atom stereocenters. The molecule has 0 unspecified atom stereocenters. The van der Waals surface area contributed by atoms with Gasteiger partial charge in [-0.1, -0.05) is 18.2 Å². The average Bonchev–Trinajstić information content (AvgIpc) is 2.52. The molecule has 1 heterocycles. The number of hydrogen-bond donors (Lipinski definition) is 2. The first kappa shape index (κ1) is 17.1. The Morgan fingerprint density at radius 3 is 2.35 bits per heavy atom. The Bertz CT molecular complexity index is 714. The van der Waals surface area contributed by atoms with Gasteiger partial charge in [-0.25, -0.2) is 0 Å². The van der Waals surface area contributed by atoms with Gasteiger partial charge in [0.15, 0.2) is 0 Å². The summed E-state index contributed by atoms with van der Waals surface area (Å²) in [6.45, 7) is 7.20. The van der Waals surface area contributed by atoms with Crippen molar-refractivity contribution in [1.29, 1.82) is 0 Å². The molecule has 0 saturated carbocycles. The number of aliphatic hydroxyl groups is 1. The van der Waals surface area contributed by atoms with E-state index >= 15 is 0 Å². The van der Waals surface area contributed by atoms with Crippen molar-refractivity contribution in [3.8, 4) is 0 Å². The molecular weight excluding hydrogens is 312 g/mol. The Hall–Kier alpha value is -2.30. The molecule has 23 heavy (non-hydrogen) atoms. The van der Waals surface area contributed by atoms with Gasteiger partial charge in [0.2, 0.25) is 0 Å². The lowest BCUT2D eigenvalue weighted by Crippen LogP contribution is -2.17. The number of hydrogen-bond acceptors (Lipinski definition) is 4. The lowest BCUT2D eigenvalue weighted by atomic mass is 10.0. The van der Waals surface area contributed by atoms with E-state index in [4.69, 9.17) is 22.1 Å². The zero-order valence-electron chi connectivity index (χ0n) is 13.1. The Kier molecular flexibility index (Phi) is 5.08. The minimum absolute atomic E-state index is 0.412. The summed E-state index contributed by atoms with van der Waals surface area (Å²) >= 11 is 5.84.